The maximum absolute atomic E-state index is 14.1. The predicted molar refractivity (Wildman–Crippen MR) is 140 cm³/mol. The molecule has 1 saturated heterocycles. The van der Waals surface area contributed by atoms with Gasteiger partial charge in [-0.1, -0.05) is 66.8 Å². The Balaban J connectivity index is 1.52. The van der Waals surface area contributed by atoms with Gasteiger partial charge in [0, 0.05) is 13.0 Å². The summed E-state index contributed by atoms with van der Waals surface area (Å²) in [5, 5.41) is 24.4. The van der Waals surface area contributed by atoms with E-state index in [2.05, 4.69) is 20.9 Å². The first-order valence-electron chi connectivity index (χ1n) is 12.9. The van der Waals surface area contributed by atoms with E-state index in [-0.39, 0.29) is 36.9 Å². The second kappa shape index (κ2) is 10.7. The van der Waals surface area contributed by atoms with Crippen molar-refractivity contribution in [1.29, 1.82) is 0 Å². The lowest BCUT2D eigenvalue weighted by Crippen LogP contribution is -2.49. The number of para-hydroxylation sites is 1. The van der Waals surface area contributed by atoms with E-state index in [1.165, 1.54) is 4.90 Å². The van der Waals surface area contributed by atoms with E-state index in [4.69, 9.17) is 0 Å². The van der Waals surface area contributed by atoms with Crippen molar-refractivity contribution in [3.8, 4) is 0 Å². The SMILES string of the molecule is CC[C@@H]1C=C[C@H]2[C@H](C(=O)N([C@H](CO)c3ccccc3)[C@@H]2C(=O)NCn2nnc3ccccc32)[C@@H]1C(=O)NC. The number of carbonyl (C=O) groups excluding carboxylic acids is 3. The standard InChI is InChI=1S/C28H32N6O4/c1-3-17-13-14-19-24(23(17)26(36)29-2)28(38)34(22(15-35)18-9-5-4-6-10-18)25(19)27(37)30-16-33-21-12-8-7-11-20(21)31-32-33/h4-14,17,19,22-25,35H,3,15-16H2,1-2H3,(H,29,36)(H,30,37)/t17-,19+,22-,23-,24+,25+/m1/s1. The zero-order chi connectivity index (χ0) is 26.8. The number of amides is 3. The Morgan fingerprint density at radius 3 is 2.50 bits per heavy atom. The molecule has 0 saturated carbocycles. The Kier molecular flexibility index (Phi) is 7.24. The molecule has 2 heterocycles. The molecule has 0 radical (unpaired) electrons. The number of fused-ring (bicyclic) bond motifs is 2. The van der Waals surface area contributed by atoms with Crippen molar-refractivity contribution in [1.82, 2.24) is 30.5 Å². The van der Waals surface area contributed by atoms with Crippen LogP contribution in [0.3, 0.4) is 0 Å². The number of aliphatic hydroxyl groups excluding tert-OH is 1. The quantitative estimate of drug-likeness (QED) is 0.391. The lowest BCUT2D eigenvalue weighted by Gasteiger charge is -2.34. The third-order valence-electron chi connectivity index (χ3n) is 7.85. The summed E-state index contributed by atoms with van der Waals surface area (Å²) in [6.07, 6.45) is 4.55. The number of carbonyl (C=O) groups is 3. The molecule has 0 bridgehead atoms. The van der Waals surface area contributed by atoms with Crippen LogP contribution in [0, 0.1) is 23.7 Å². The summed E-state index contributed by atoms with van der Waals surface area (Å²) in [6, 6.07) is 14.9. The highest BCUT2D eigenvalue weighted by Gasteiger charge is 2.58. The molecule has 1 aliphatic carbocycles. The van der Waals surface area contributed by atoms with E-state index >= 15 is 0 Å². The van der Waals surface area contributed by atoms with Gasteiger partial charge in [-0.3, -0.25) is 14.4 Å². The number of hydrogen-bond donors (Lipinski definition) is 3. The van der Waals surface area contributed by atoms with Crippen molar-refractivity contribution in [2.75, 3.05) is 13.7 Å². The maximum Gasteiger partial charge on any atom is 0.244 e. The molecule has 2 aromatic carbocycles. The highest BCUT2D eigenvalue weighted by molar-refractivity contribution is 5.97. The zero-order valence-electron chi connectivity index (χ0n) is 21.4. The van der Waals surface area contributed by atoms with E-state index in [0.29, 0.717) is 11.9 Å². The van der Waals surface area contributed by atoms with Gasteiger partial charge in [-0.25, -0.2) is 4.68 Å². The number of benzene rings is 2. The molecular weight excluding hydrogens is 484 g/mol. The third kappa shape index (κ3) is 4.34. The van der Waals surface area contributed by atoms with Gasteiger partial charge in [0.1, 0.15) is 18.2 Å². The maximum atomic E-state index is 14.1. The summed E-state index contributed by atoms with van der Waals surface area (Å²) in [6.45, 7) is 1.68. The number of nitrogens with one attached hydrogen (secondary N) is 2. The van der Waals surface area contributed by atoms with Crippen LogP contribution in [0.15, 0.2) is 66.7 Å². The highest BCUT2D eigenvalue weighted by atomic mass is 16.3. The van der Waals surface area contributed by atoms with Gasteiger partial charge in [0.05, 0.1) is 30.0 Å². The van der Waals surface area contributed by atoms with Gasteiger partial charge in [-0.15, -0.1) is 5.10 Å². The van der Waals surface area contributed by atoms with Gasteiger partial charge in [0.15, 0.2) is 0 Å². The molecule has 0 spiro atoms. The average Bonchev–Trinajstić information content (AvgIpc) is 3.50. The van der Waals surface area contributed by atoms with Crippen LogP contribution >= 0.6 is 0 Å². The van der Waals surface area contributed by atoms with Crippen LogP contribution in [0.1, 0.15) is 24.9 Å². The van der Waals surface area contributed by atoms with E-state index in [0.717, 1.165) is 11.1 Å². The van der Waals surface area contributed by atoms with Crippen molar-refractivity contribution in [2.45, 2.75) is 32.1 Å². The minimum atomic E-state index is -0.916. The molecular formula is C28H32N6O4. The summed E-state index contributed by atoms with van der Waals surface area (Å²) in [5.41, 5.74) is 2.19. The lowest BCUT2D eigenvalue weighted by molar-refractivity contribution is -0.143. The van der Waals surface area contributed by atoms with Crippen molar-refractivity contribution in [2.24, 2.45) is 23.7 Å². The number of rotatable bonds is 8. The molecule has 1 aliphatic heterocycles. The second-order valence-corrected chi connectivity index (χ2v) is 9.78. The first-order valence-corrected chi connectivity index (χ1v) is 12.9. The van der Waals surface area contributed by atoms with Gasteiger partial charge in [0.2, 0.25) is 17.7 Å². The molecule has 2 aliphatic rings. The van der Waals surface area contributed by atoms with Gasteiger partial charge in [0.25, 0.3) is 0 Å². The van der Waals surface area contributed by atoms with Gasteiger partial charge in [-0.2, -0.15) is 0 Å². The van der Waals surface area contributed by atoms with Crippen LogP contribution < -0.4 is 10.6 Å². The number of nitrogens with zero attached hydrogens (tertiary/aromatic N) is 4. The van der Waals surface area contributed by atoms with Crippen LogP contribution in [0.4, 0.5) is 0 Å². The first kappa shape index (κ1) is 25.6. The lowest BCUT2D eigenvalue weighted by atomic mass is 9.69. The van der Waals surface area contributed by atoms with Gasteiger partial charge in [-0.05, 0) is 30.0 Å². The molecule has 3 N–H and O–H groups in total. The molecule has 1 fully saturated rings. The minimum absolute atomic E-state index is 0.0601. The van der Waals surface area contributed by atoms with E-state index in [9.17, 15) is 19.5 Å². The smallest absolute Gasteiger partial charge is 0.244 e. The molecule has 3 amide bonds. The third-order valence-corrected chi connectivity index (χ3v) is 7.85. The Labute approximate surface area is 220 Å². The highest BCUT2D eigenvalue weighted by Crippen LogP contribution is 2.47. The van der Waals surface area contributed by atoms with Crippen LogP contribution in [-0.2, 0) is 21.1 Å². The fourth-order valence-electron chi connectivity index (χ4n) is 6.01. The van der Waals surface area contributed by atoms with E-state index in [1.54, 1.807) is 11.7 Å². The molecule has 10 heteroatoms. The minimum Gasteiger partial charge on any atom is -0.394 e. The molecule has 38 heavy (non-hydrogen) atoms. The van der Waals surface area contributed by atoms with Crippen LogP contribution in [0.25, 0.3) is 11.0 Å². The monoisotopic (exact) mass is 516 g/mol. The number of aliphatic hydroxyl groups is 1. The van der Waals surface area contributed by atoms with Crippen LogP contribution in [-0.4, -0.2) is 62.4 Å². The summed E-state index contributed by atoms with van der Waals surface area (Å²) in [4.78, 5) is 42.5. The summed E-state index contributed by atoms with van der Waals surface area (Å²) in [5.74, 6) is -2.89. The zero-order valence-corrected chi connectivity index (χ0v) is 21.4. The van der Waals surface area contributed by atoms with Gasteiger partial charge >= 0.3 is 0 Å². The summed E-state index contributed by atoms with van der Waals surface area (Å²) >= 11 is 0. The molecule has 6 atom stereocenters. The molecule has 1 aromatic heterocycles. The van der Waals surface area contributed by atoms with Crippen molar-refractivity contribution < 1.29 is 19.5 Å². The number of hydrogen-bond acceptors (Lipinski definition) is 6. The number of aromatic nitrogens is 3. The Bertz CT molecular complexity index is 1360. The van der Waals surface area contributed by atoms with Crippen LogP contribution in [0.5, 0.6) is 0 Å². The average molecular weight is 517 g/mol. The Morgan fingerprint density at radius 1 is 1.05 bits per heavy atom. The summed E-state index contributed by atoms with van der Waals surface area (Å²) < 4.78 is 1.59. The Morgan fingerprint density at radius 2 is 1.79 bits per heavy atom. The largest absolute Gasteiger partial charge is 0.394 e. The second-order valence-electron chi connectivity index (χ2n) is 9.78. The number of allylic oxidation sites excluding steroid dienone is 1. The van der Waals surface area contributed by atoms with Crippen LogP contribution in [0.2, 0.25) is 0 Å². The summed E-state index contributed by atoms with van der Waals surface area (Å²) in [7, 11) is 1.56. The van der Waals surface area contributed by atoms with Gasteiger partial charge < -0.3 is 20.6 Å². The molecule has 3 aromatic rings. The van der Waals surface area contributed by atoms with Crippen molar-refractivity contribution >= 4 is 28.8 Å². The molecule has 10 nitrogen and oxygen atoms in total. The Hall–Kier alpha value is -4.05. The number of likely N-dealkylation sites (tertiary alicyclic amines) is 1. The first-order chi connectivity index (χ1) is 18.5. The fraction of sp³-hybridized carbons (Fsp3) is 0.393. The molecule has 5 rings (SSSR count). The molecule has 0 unspecified atom stereocenters. The van der Waals surface area contributed by atoms with Crippen molar-refractivity contribution in [3.05, 3.63) is 72.3 Å². The van der Waals surface area contributed by atoms with E-state index < -0.39 is 29.8 Å². The fourth-order valence-corrected chi connectivity index (χ4v) is 6.01. The normalized spacial score (nSPS) is 25.3. The van der Waals surface area contributed by atoms with Crippen molar-refractivity contribution in [3.63, 3.8) is 0 Å². The van der Waals surface area contributed by atoms with E-state index in [1.807, 2.05) is 73.7 Å². The predicted octanol–water partition coefficient (Wildman–Crippen LogP) is 1.64. The topological polar surface area (TPSA) is 129 Å². The molecule has 198 valence electrons.